The van der Waals surface area contributed by atoms with E-state index in [1.54, 1.807) is 24.3 Å². The first-order valence-corrected chi connectivity index (χ1v) is 12.2. The fourth-order valence-electron chi connectivity index (χ4n) is 4.81. The first-order chi connectivity index (χ1) is 18.1. The number of ether oxygens (including phenoxy) is 4. The molecule has 0 aromatic heterocycles. The van der Waals surface area contributed by atoms with Crippen LogP contribution in [0, 0.1) is 0 Å². The smallest absolute Gasteiger partial charge is 0.262 e. The van der Waals surface area contributed by atoms with E-state index in [0.717, 1.165) is 16.0 Å². The Kier molecular flexibility index (Phi) is 7.73. The summed E-state index contributed by atoms with van der Waals surface area (Å²) in [6.07, 6.45) is -4.01. The molecule has 2 heterocycles. The Hall–Kier alpha value is -3.40. The number of hydrogen-bond donors (Lipinski definition) is 1. The number of hydrogen-bond acceptors (Lipinski definition) is 7. The highest BCUT2D eigenvalue weighted by Gasteiger charge is 2.54. The van der Waals surface area contributed by atoms with E-state index < -0.39 is 42.5 Å². The summed E-state index contributed by atoms with van der Waals surface area (Å²) in [5.41, 5.74) is 2.46. The van der Waals surface area contributed by atoms with Gasteiger partial charge in [0, 0.05) is 7.11 Å². The van der Waals surface area contributed by atoms with E-state index in [1.165, 1.54) is 7.11 Å². The SMILES string of the molecule is CO[C@@H]1O[C@H](COCc2ccccc2)[C@@H](O)[C@H](OCc2ccccc2)[C@H]1N1C(=O)c2ccccc2C1=O. The molecule has 192 valence electrons. The molecule has 0 saturated carbocycles. The average Bonchev–Trinajstić information content (AvgIpc) is 3.19. The molecule has 0 spiro atoms. The van der Waals surface area contributed by atoms with Crippen molar-refractivity contribution in [2.45, 2.75) is 43.9 Å². The Morgan fingerprint density at radius 2 is 1.35 bits per heavy atom. The first kappa shape index (κ1) is 25.3. The molecule has 5 atom stereocenters. The molecule has 2 aliphatic heterocycles. The second-order valence-electron chi connectivity index (χ2n) is 9.05. The van der Waals surface area contributed by atoms with Crippen LogP contribution in [0.2, 0.25) is 0 Å². The maximum atomic E-state index is 13.3. The van der Waals surface area contributed by atoms with Crippen LogP contribution in [0.15, 0.2) is 84.9 Å². The largest absolute Gasteiger partial charge is 0.388 e. The highest BCUT2D eigenvalue weighted by molar-refractivity contribution is 6.21. The van der Waals surface area contributed by atoms with E-state index >= 15 is 0 Å². The topological polar surface area (TPSA) is 94.5 Å². The zero-order valence-corrected chi connectivity index (χ0v) is 20.4. The van der Waals surface area contributed by atoms with Crippen molar-refractivity contribution in [1.82, 2.24) is 4.90 Å². The molecule has 37 heavy (non-hydrogen) atoms. The van der Waals surface area contributed by atoms with Crippen molar-refractivity contribution in [3.63, 3.8) is 0 Å². The highest BCUT2D eigenvalue weighted by Crippen LogP contribution is 2.34. The second kappa shape index (κ2) is 11.3. The summed E-state index contributed by atoms with van der Waals surface area (Å²) in [6, 6.07) is 24.7. The average molecular weight is 504 g/mol. The van der Waals surface area contributed by atoms with Crippen molar-refractivity contribution in [3.8, 4) is 0 Å². The summed E-state index contributed by atoms with van der Waals surface area (Å²) in [5.74, 6) is -0.953. The van der Waals surface area contributed by atoms with Gasteiger partial charge in [0.05, 0.1) is 30.9 Å². The quantitative estimate of drug-likeness (QED) is 0.448. The van der Waals surface area contributed by atoms with Crippen LogP contribution >= 0.6 is 0 Å². The lowest BCUT2D eigenvalue weighted by atomic mass is 9.95. The standard InChI is InChI=1S/C29H29NO7/c1-34-29-24(30-27(32)21-14-8-9-15-22(21)28(30)33)26(36-17-20-12-6-3-7-13-20)25(31)23(37-29)18-35-16-19-10-4-2-5-11-19/h2-15,23-26,29,31H,16-18H2,1H3/t23-,24-,25-,26-,29-/m1/s1. The van der Waals surface area contributed by atoms with Gasteiger partial charge in [-0.05, 0) is 23.3 Å². The molecule has 2 amide bonds. The molecule has 1 saturated heterocycles. The maximum absolute atomic E-state index is 13.3. The Bertz CT molecular complexity index is 1180. The van der Waals surface area contributed by atoms with Gasteiger partial charge in [-0.2, -0.15) is 0 Å². The van der Waals surface area contributed by atoms with Crippen LogP contribution in [0.25, 0.3) is 0 Å². The molecule has 5 rings (SSSR count). The summed E-state index contributed by atoms with van der Waals surface area (Å²) >= 11 is 0. The molecule has 3 aromatic carbocycles. The lowest BCUT2D eigenvalue weighted by Gasteiger charge is -2.46. The normalized spacial score (nSPS) is 25.4. The molecule has 1 N–H and O–H groups in total. The Morgan fingerprint density at radius 3 is 1.92 bits per heavy atom. The van der Waals surface area contributed by atoms with Gasteiger partial charge < -0.3 is 24.1 Å². The maximum Gasteiger partial charge on any atom is 0.262 e. The van der Waals surface area contributed by atoms with Crippen LogP contribution < -0.4 is 0 Å². The lowest BCUT2D eigenvalue weighted by molar-refractivity contribution is -0.283. The number of carbonyl (C=O) groups is 2. The predicted octanol–water partition coefficient (Wildman–Crippen LogP) is 3.19. The molecule has 3 aromatic rings. The summed E-state index contributed by atoms with van der Waals surface area (Å²) in [4.78, 5) is 27.8. The van der Waals surface area contributed by atoms with Crippen LogP contribution in [0.5, 0.6) is 0 Å². The van der Waals surface area contributed by atoms with Crippen molar-refractivity contribution >= 4 is 11.8 Å². The molecule has 8 heteroatoms. The number of nitrogens with zero attached hydrogens (tertiary/aromatic N) is 1. The van der Waals surface area contributed by atoms with Gasteiger partial charge >= 0.3 is 0 Å². The van der Waals surface area contributed by atoms with Gasteiger partial charge in [-0.15, -0.1) is 0 Å². The first-order valence-electron chi connectivity index (χ1n) is 12.2. The van der Waals surface area contributed by atoms with E-state index in [0.29, 0.717) is 17.7 Å². The van der Waals surface area contributed by atoms with Gasteiger partial charge in [0.1, 0.15) is 24.4 Å². The zero-order valence-electron chi connectivity index (χ0n) is 20.4. The predicted molar refractivity (Wildman–Crippen MR) is 134 cm³/mol. The minimum atomic E-state index is -1.19. The number of aliphatic hydroxyl groups is 1. The molecule has 0 aliphatic carbocycles. The summed E-state index contributed by atoms with van der Waals surface area (Å²) in [6.45, 7) is 0.564. The van der Waals surface area contributed by atoms with Crippen LogP contribution in [0.1, 0.15) is 31.8 Å². The van der Waals surface area contributed by atoms with E-state index in [4.69, 9.17) is 18.9 Å². The van der Waals surface area contributed by atoms with Crippen LogP contribution in [-0.2, 0) is 32.2 Å². The number of fused-ring (bicyclic) bond motifs is 1. The number of benzene rings is 3. The van der Waals surface area contributed by atoms with E-state index in [-0.39, 0.29) is 13.2 Å². The molecular weight excluding hydrogens is 474 g/mol. The number of amides is 2. The Balaban J connectivity index is 1.40. The highest BCUT2D eigenvalue weighted by atomic mass is 16.7. The number of aliphatic hydroxyl groups excluding tert-OH is 1. The van der Waals surface area contributed by atoms with Crippen molar-refractivity contribution in [1.29, 1.82) is 0 Å². The van der Waals surface area contributed by atoms with Crippen molar-refractivity contribution < 1.29 is 33.6 Å². The third-order valence-electron chi connectivity index (χ3n) is 6.68. The summed E-state index contributed by atoms with van der Waals surface area (Å²) in [5, 5.41) is 11.4. The van der Waals surface area contributed by atoms with Crippen molar-refractivity contribution in [2.24, 2.45) is 0 Å². The second-order valence-corrected chi connectivity index (χ2v) is 9.05. The lowest BCUT2D eigenvalue weighted by Crippen LogP contribution is -2.66. The number of imide groups is 1. The van der Waals surface area contributed by atoms with Gasteiger partial charge in [0.15, 0.2) is 6.29 Å². The Labute approximate surface area is 215 Å². The molecular formula is C29H29NO7. The summed E-state index contributed by atoms with van der Waals surface area (Å²) < 4.78 is 23.7. The van der Waals surface area contributed by atoms with Crippen LogP contribution in [-0.4, -0.2) is 66.2 Å². The van der Waals surface area contributed by atoms with Gasteiger partial charge in [0.2, 0.25) is 0 Å². The summed E-state index contributed by atoms with van der Waals surface area (Å²) in [7, 11) is 1.43. The number of carbonyl (C=O) groups excluding carboxylic acids is 2. The fraction of sp³-hybridized carbons (Fsp3) is 0.310. The minimum Gasteiger partial charge on any atom is -0.388 e. The Morgan fingerprint density at radius 1 is 0.811 bits per heavy atom. The molecule has 0 bridgehead atoms. The molecule has 1 fully saturated rings. The van der Waals surface area contributed by atoms with Gasteiger partial charge in [-0.25, -0.2) is 0 Å². The molecule has 8 nitrogen and oxygen atoms in total. The van der Waals surface area contributed by atoms with Gasteiger partial charge in [-0.1, -0.05) is 72.8 Å². The fourth-order valence-corrected chi connectivity index (χ4v) is 4.81. The third-order valence-corrected chi connectivity index (χ3v) is 6.68. The van der Waals surface area contributed by atoms with E-state index in [1.807, 2.05) is 60.7 Å². The zero-order chi connectivity index (χ0) is 25.8. The molecule has 0 unspecified atom stereocenters. The van der Waals surface area contributed by atoms with Crippen molar-refractivity contribution in [2.75, 3.05) is 13.7 Å². The van der Waals surface area contributed by atoms with E-state index in [9.17, 15) is 14.7 Å². The van der Waals surface area contributed by atoms with Crippen LogP contribution in [0.4, 0.5) is 0 Å². The minimum absolute atomic E-state index is 0.0654. The molecule has 0 radical (unpaired) electrons. The number of rotatable bonds is 9. The van der Waals surface area contributed by atoms with Crippen LogP contribution in [0.3, 0.4) is 0 Å². The van der Waals surface area contributed by atoms with Crippen molar-refractivity contribution in [3.05, 3.63) is 107 Å². The van der Waals surface area contributed by atoms with Gasteiger partial charge in [0.25, 0.3) is 11.8 Å². The number of methoxy groups -OCH3 is 1. The van der Waals surface area contributed by atoms with Gasteiger partial charge in [-0.3, -0.25) is 14.5 Å². The third kappa shape index (κ3) is 5.20. The van der Waals surface area contributed by atoms with E-state index in [2.05, 4.69) is 0 Å². The molecule has 2 aliphatic rings. The monoisotopic (exact) mass is 503 g/mol.